The van der Waals surface area contributed by atoms with Crippen molar-refractivity contribution in [2.45, 2.75) is 19.4 Å². The summed E-state index contributed by atoms with van der Waals surface area (Å²) in [6.45, 7) is 2.16. The van der Waals surface area contributed by atoms with E-state index in [1.165, 1.54) is 0 Å². The number of nitrogens with zero attached hydrogens (tertiary/aromatic N) is 1. The molecule has 22 heavy (non-hydrogen) atoms. The van der Waals surface area contributed by atoms with Gasteiger partial charge >= 0.3 is 0 Å². The van der Waals surface area contributed by atoms with Crippen molar-refractivity contribution in [3.8, 4) is 11.5 Å². The fourth-order valence-corrected chi connectivity index (χ4v) is 2.26. The molecule has 1 aromatic carbocycles. The molecule has 6 heteroatoms. The van der Waals surface area contributed by atoms with Gasteiger partial charge in [0, 0.05) is 5.69 Å². The summed E-state index contributed by atoms with van der Waals surface area (Å²) in [6.07, 6.45) is 1.76. The van der Waals surface area contributed by atoms with Crippen LogP contribution in [0.25, 0.3) is 0 Å². The van der Waals surface area contributed by atoms with Crippen molar-refractivity contribution in [2.24, 2.45) is 0 Å². The van der Waals surface area contributed by atoms with Gasteiger partial charge < -0.3 is 20.5 Å². The predicted molar refractivity (Wildman–Crippen MR) is 81.5 cm³/mol. The number of benzene rings is 1. The average molecular weight is 299 g/mol. The van der Waals surface area contributed by atoms with Gasteiger partial charge in [-0.15, -0.1) is 0 Å². The summed E-state index contributed by atoms with van der Waals surface area (Å²) in [4.78, 5) is 16.2. The quantitative estimate of drug-likeness (QED) is 0.899. The fourth-order valence-electron chi connectivity index (χ4n) is 2.26. The SMILES string of the molecule is CC(NC(=O)Cc1ccc(N)cn1)c1ccc2c(c1)OCO2. The number of aromatic nitrogens is 1. The molecule has 0 radical (unpaired) electrons. The van der Waals surface area contributed by atoms with Crippen LogP contribution in [0.3, 0.4) is 0 Å². The number of pyridine rings is 1. The number of carbonyl (C=O) groups is 1. The lowest BCUT2D eigenvalue weighted by Crippen LogP contribution is -2.28. The molecule has 0 saturated heterocycles. The highest BCUT2D eigenvalue weighted by Crippen LogP contribution is 2.34. The number of ether oxygens (including phenoxy) is 2. The van der Waals surface area contributed by atoms with Gasteiger partial charge in [-0.1, -0.05) is 6.07 Å². The zero-order valence-corrected chi connectivity index (χ0v) is 12.2. The summed E-state index contributed by atoms with van der Waals surface area (Å²) in [6, 6.07) is 9.00. The zero-order chi connectivity index (χ0) is 15.5. The number of amides is 1. The second-order valence-corrected chi connectivity index (χ2v) is 5.16. The summed E-state index contributed by atoms with van der Waals surface area (Å²) in [5, 5.41) is 2.94. The van der Waals surface area contributed by atoms with E-state index in [2.05, 4.69) is 10.3 Å². The Labute approximate surface area is 128 Å². The average Bonchev–Trinajstić information content (AvgIpc) is 2.97. The van der Waals surface area contributed by atoms with Crippen LogP contribution in [-0.4, -0.2) is 17.7 Å². The molecule has 0 spiro atoms. The molecular weight excluding hydrogens is 282 g/mol. The van der Waals surface area contributed by atoms with Gasteiger partial charge in [0.05, 0.1) is 24.3 Å². The molecule has 0 aliphatic carbocycles. The summed E-state index contributed by atoms with van der Waals surface area (Å²) in [7, 11) is 0. The first-order valence-corrected chi connectivity index (χ1v) is 7.01. The Morgan fingerprint density at radius 3 is 2.91 bits per heavy atom. The van der Waals surface area contributed by atoms with Crippen LogP contribution < -0.4 is 20.5 Å². The standard InChI is InChI=1S/C16H17N3O3/c1-10(11-2-5-14-15(6-11)22-9-21-14)19-16(20)7-13-4-3-12(17)8-18-13/h2-6,8,10H,7,9,17H2,1H3,(H,19,20). The van der Waals surface area contributed by atoms with Gasteiger partial charge in [0.1, 0.15) is 0 Å². The third kappa shape index (κ3) is 3.11. The lowest BCUT2D eigenvalue weighted by Gasteiger charge is -2.14. The molecule has 0 fully saturated rings. The van der Waals surface area contributed by atoms with E-state index in [-0.39, 0.29) is 25.2 Å². The molecule has 3 N–H and O–H groups in total. The molecule has 3 rings (SSSR count). The second-order valence-electron chi connectivity index (χ2n) is 5.16. The van der Waals surface area contributed by atoms with Gasteiger partial charge in [0.15, 0.2) is 11.5 Å². The normalized spacial score (nSPS) is 13.7. The van der Waals surface area contributed by atoms with Crippen molar-refractivity contribution in [1.82, 2.24) is 10.3 Å². The number of carbonyl (C=O) groups excluding carboxylic acids is 1. The highest BCUT2D eigenvalue weighted by Gasteiger charge is 2.17. The van der Waals surface area contributed by atoms with Crippen LogP contribution >= 0.6 is 0 Å². The zero-order valence-electron chi connectivity index (χ0n) is 12.2. The minimum Gasteiger partial charge on any atom is -0.454 e. The number of nitrogen functional groups attached to an aromatic ring is 1. The minimum absolute atomic E-state index is 0.0950. The Hall–Kier alpha value is -2.76. The Bertz CT molecular complexity index is 686. The summed E-state index contributed by atoms with van der Waals surface area (Å²) in [5.41, 5.74) is 7.80. The van der Waals surface area contributed by atoms with E-state index in [0.29, 0.717) is 17.1 Å². The molecular formula is C16H17N3O3. The molecule has 1 amide bonds. The molecule has 1 aliphatic rings. The lowest BCUT2D eigenvalue weighted by atomic mass is 10.1. The number of rotatable bonds is 4. The summed E-state index contributed by atoms with van der Waals surface area (Å²) < 4.78 is 10.6. The summed E-state index contributed by atoms with van der Waals surface area (Å²) in [5.74, 6) is 1.34. The topological polar surface area (TPSA) is 86.5 Å². The first kappa shape index (κ1) is 14.2. The van der Waals surface area contributed by atoms with E-state index in [1.807, 2.05) is 25.1 Å². The first-order chi connectivity index (χ1) is 10.6. The highest BCUT2D eigenvalue weighted by atomic mass is 16.7. The number of nitrogens with two attached hydrogens (primary N) is 1. The maximum absolute atomic E-state index is 12.1. The monoisotopic (exact) mass is 299 g/mol. The van der Waals surface area contributed by atoms with Gasteiger partial charge in [-0.05, 0) is 36.8 Å². The first-order valence-electron chi connectivity index (χ1n) is 7.01. The smallest absolute Gasteiger partial charge is 0.231 e. The maximum Gasteiger partial charge on any atom is 0.231 e. The van der Waals surface area contributed by atoms with Crippen molar-refractivity contribution in [1.29, 1.82) is 0 Å². The van der Waals surface area contributed by atoms with Gasteiger partial charge in [-0.3, -0.25) is 9.78 Å². The Morgan fingerprint density at radius 1 is 1.32 bits per heavy atom. The Balaban J connectivity index is 1.62. The van der Waals surface area contributed by atoms with Crippen molar-refractivity contribution >= 4 is 11.6 Å². The fraction of sp³-hybridized carbons (Fsp3) is 0.250. The van der Waals surface area contributed by atoms with Gasteiger partial charge in [0.25, 0.3) is 0 Å². The third-order valence-electron chi connectivity index (χ3n) is 3.46. The van der Waals surface area contributed by atoms with Crippen LogP contribution in [0, 0.1) is 0 Å². The largest absolute Gasteiger partial charge is 0.454 e. The van der Waals surface area contributed by atoms with Crippen LogP contribution in [0.15, 0.2) is 36.5 Å². The molecule has 1 aromatic heterocycles. The van der Waals surface area contributed by atoms with E-state index in [1.54, 1.807) is 18.3 Å². The predicted octanol–water partition coefficient (Wildman–Crippen LogP) is 1.81. The van der Waals surface area contributed by atoms with Crippen molar-refractivity contribution < 1.29 is 14.3 Å². The van der Waals surface area contributed by atoms with Gasteiger partial charge in [-0.25, -0.2) is 0 Å². The van der Waals surface area contributed by atoms with Crippen molar-refractivity contribution in [3.63, 3.8) is 0 Å². The third-order valence-corrected chi connectivity index (χ3v) is 3.46. The van der Waals surface area contributed by atoms with E-state index >= 15 is 0 Å². The lowest BCUT2D eigenvalue weighted by molar-refractivity contribution is -0.121. The van der Waals surface area contributed by atoms with E-state index in [9.17, 15) is 4.79 Å². The molecule has 0 saturated carbocycles. The number of anilines is 1. The van der Waals surface area contributed by atoms with E-state index in [4.69, 9.17) is 15.2 Å². The minimum atomic E-state index is -0.129. The van der Waals surface area contributed by atoms with Crippen molar-refractivity contribution in [2.75, 3.05) is 12.5 Å². The number of nitrogens with one attached hydrogen (secondary N) is 1. The summed E-state index contributed by atoms with van der Waals surface area (Å²) >= 11 is 0. The van der Waals surface area contributed by atoms with E-state index < -0.39 is 0 Å². The number of hydrogen-bond acceptors (Lipinski definition) is 5. The van der Waals surface area contributed by atoms with Gasteiger partial charge in [0.2, 0.25) is 12.7 Å². The highest BCUT2D eigenvalue weighted by molar-refractivity contribution is 5.78. The van der Waals surface area contributed by atoms with Crippen molar-refractivity contribution in [3.05, 3.63) is 47.8 Å². The molecule has 114 valence electrons. The molecule has 1 aliphatic heterocycles. The number of hydrogen-bond donors (Lipinski definition) is 2. The van der Waals surface area contributed by atoms with Crippen LogP contribution in [0.5, 0.6) is 11.5 Å². The van der Waals surface area contributed by atoms with Crippen LogP contribution in [-0.2, 0) is 11.2 Å². The maximum atomic E-state index is 12.1. The number of fused-ring (bicyclic) bond motifs is 1. The Kier molecular flexibility index (Phi) is 3.82. The molecule has 0 bridgehead atoms. The van der Waals surface area contributed by atoms with Crippen LogP contribution in [0.1, 0.15) is 24.2 Å². The molecule has 2 aromatic rings. The van der Waals surface area contributed by atoms with Gasteiger partial charge in [-0.2, -0.15) is 0 Å². The molecule has 6 nitrogen and oxygen atoms in total. The molecule has 1 unspecified atom stereocenters. The molecule has 2 heterocycles. The second kappa shape index (κ2) is 5.93. The van der Waals surface area contributed by atoms with Crippen LogP contribution in [0.2, 0.25) is 0 Å². The van der Waals surface area contributed by atoms with Crippen LogP contribution in [0.4, 0.5) is 5.69 Å². The Morgan fingerprint density at radius 2 is 2.14 bits per heavy atom. The van der Waals surface area contributed by atoms with E-state index in [0.717, 1.165) is 11.3 Å². The molecule has 1 atom stereocenters.